The fraction of sp³-hybridized carbons (Fsp3) is 0.0476. The third-order valence-corrected chi connectivity index (χ3v) is 4.24. The third-order valence-electron chi connectivity index (χ3n) is 4.01. The summed E-state index contributed by atoms with van der Waals surface area (Å²) in [7, 11) is 1.36. The molecule has 0 aliphatic carbocycles. The van der Waals surface area contributed by atoms with Crippen LogP contribution in [-0.2, 0) is 0 Å². The van der Waals surface area contributed by atoms with Gasteiger partial charge in [0.15, 0.2) is 0 Å². The number of halogens is 4. The molecule has 0 aromatic heterocycles. The van der Waals surface area contributed by atoms with Gasteiger partial charge in [-0.2, -0.15) is 0 Å². The van der Waals surface area contributed by atoms with Gasteiger partial charge in [-0.3, -0.25) is 9.59 Å². The first kappa shape index (κ1) is 21.2. The summed E-state index contributed by atoms with van der Waals surface area (Å²) in [6.45, 7) is 0. The molecule has 0 aliphatic rings. The van der Waals surface area contributed by atoms with Crippen molar-refractivity contribution in [3.05, 3.63) is 88.2 Å². The van der Waals surface area contributed by atoms with E-state index in [0.717, 1.165) is 18.2 Å². The largest absolute Gasteiger partial charge is 0.495 e. The SMILES string of the molecule is COc1ccc(NC(=O)c2cc(F)cc(F)c2)cc1NC(=O)c1ccc(Cl)cc1F. The molecule has 154 valence electrons. The van der Waals surface area contributed by atoms with E-state index in [4.69, 9.17) is 16.3 Å². The van der Waals surface area contributed by atoms with Gasteiger partial charge in [-0.25, -0.2) is 13.2 Å². The Morgan fingerprint density at radius 3 is 2.20 bits per heavy atom. The van der Waals surface area contributed by atoms with E-state index in [-0.39, 0.29) is 33.3 Å². The van der Waals surface area contributed by atoms with E-state index in [1.807, 2.05) is 0 Å². The van der Waals surface area contributed by atoms with Gasteiger partial charge >= 0.3 is 0 Å². The molecule has 9 heteroatoms. The summed E-state index contributed by atoms with van der Waals surface area (Å²) in [5.41, 5.74) is -0.124. The topological polar surface area (TPSA) is 67.4 Å². The van der Waals surface area contributed by atoms with Gasteiger partial charge in [-0.15, -0.1) is 0 Å². The van der Waals surface area contributed by atoms with E-state index in [2.05, 4.69) is 10.6 Å². The highest BCUT2D eigenvalue weighted by Gasteiger charge is 2.16. The van der Waals surface area contributed by atoms with Gasteiger partial charge in [-0.1, -0.05) is 11.6 Å². The fourth-order valence-electron chi connectivity index (χ4n) is 2.63. The Labute approximate surface area is 174 Å². The number of amides is 2. The lowest BCUT2D eigenvalue weighted by Gasteiger charge is -2.13. The first-order chi connectivity index (χ1) is 14.3. The van der Waals surface area contributed by atoms with E-state index in [0.29, 0.717) is 6.07 Å². The normalized spacial score (nSPS) is 10.4. The molecule has 2 amide bonds. The number of rotatable bonds is 5. The predicted octanol–water partition coefficient (Wildman–Crippen LogP) is 5.27. The number of anilines is 2. The van der Waals surface area contributed by atoms with Crippen LogP contribution in [-0.4, -0.2) is 18.9 Å². The highest BCUT2D eigenvalue weighted by molar-refractivity contribution is 6.30. The Hall–Kier alpha value is -3.52. The molecule has 3 aromatic rings. The lowest BCUT2D eigenvalue weighted by atomic mass is 10.1. The molecule has 2 N–H and O–H groups in total. The molecule has 5 nitrogen and oxygen atoms in total. The van der Waals surface area contributed by atoms with Crippen molar-refractivity contribution in [3.8, 4) is 5.75 Å². The average Bonchev–Trinajstić information content (AvgIpc) is 2.67. The summed E-state index contributed by atoms with van der Waals surface area (Å²) >= 11 is 5.69. The minimum Gasteiger partial charge on any atom is -0.495 e. The molecule has 0 heterocycles. The highest BCUT2D eigenvalue weighted by atomic mass is 35.5. The first-order valence-electron chi connectivity index (χ1n) is 8.48. The van der Waals surface area contributed by atoms with Crippen molar-refractivity contribution in [2.45, 2.75) is 0 Å². The second-order valence-corrected chi connectivity index (χ2v) is 6.54. The van der Waals surface area contributed by atoms with E-state index in [1.165, 1.54) is 37.4 Å². The lowest BCUT2D eigenvalue weighted by molar-refractivity contribution is 0.101. The van der Waals surface area contributed by atoms with Crippen LogP contribution in [0.2, 0.25) is 5.02 Å². The molecule has 3 aromatic carbocycles. The van der Waals surface area contributed by atoms with Crippen molar-refractivity contribution in [1.82, 2.24) is 0 Å². The van der Waals surface area contributed by atoms with E-state index >= 15 is 0 Å². The van der Waals surface area contributed by atoms with Crippen molar-refractivity contribution in [3.63, 3.8) is 0 Å². The molecule has 0 bridgehead atoms. The van der Waals surface area contributed by atoms with E-state index < -0.39 is 29.3 Å². The smallest absolute Gasteiger partial charge is 0.258 e. The van der Waals surface area contributed by atoms with Crippen LogP contribution in [0.15, 0.2) is 54.6 Å². The Morgan fingerprint density at radius 2 is 1.57 bits per heavy atom. The standard InChI is InChI=1S/C21H14ClF3N2O3/c1-30-19-5-3-15(26-20(28)11-6-13(23)9-14(24)7-11)10-18(19)27-21(29)16-4-2-12(22)8-17(16)25/h2-10H,1H3,(H,26,28)(H,27,29). The van der Waals surface area contributed by atoms with Gasteiger partial charge in [0.1, 0.15) is 23.2 Å². The molecule has 0 saturated heterocycles. The zero-order valence-electron chi connectivity index (χ0n) is 15.4. The molecule has 30 heavy (non-hydrogen) atoms. The van der Waals surface area contributed by atoms with Crippen molar-refractivity contribution >= 4 is 34.8 Å². The molecule has 3 rings (SSSR count). The summed E-state index contributed by atoms with van der Waals surface area (Å²) in [4.78, 5) is 24.7. The quantitative estimate of drug-likeness (QED) is 0.575. The highest BCUT2D eigenvalue weighted by Crippen LogP contribution is 2.29. The minimum atomic E-state index is -0.896. The van der Waals surface area contributed by atoms with Crippen LogP contribution in [0.25, 0.3) is 0 Å². The number of hydrogen-bond donors (Lipinski definition) is 2. The van der Waals surface area contributed by atoms with Crippen LogP contribution in [0.3, 0.4) is 0 Å². The maximum atomic E-state index is 14.0. The molecule has 0 radical (unpaired) electrons. The number of benzene rings is 3. The Bertz CT molecular complexity index is 1120. The van der Waals surface area contributed by atoms with Crippen molar-refractivity contribution in [2.75, 3.05) is 17.7 Å². The van der Waals surface area contributed by atoms with Gasteiger partial charge in [0, 0.05) is 22.3 Å². The molecular formula is C21H14ClF3N2O3. The van der Waals surface area contributed by atoms with Crippen LogP contribution >= 0.6 is 11.6 Å². The van der Waals surface area contributed by atoms with Gasteiger partial charge in [0.2, 0.25) is 0 Å². The third kappa shape index (κ3) is 4.90. The van der Waals surface area contributed by atoms with Gasteiger partial charge in [-0.05, 0) is 48.5 Å². The summed E-state index contributed by atoms with van der Waals surface area (Å²) in [5.74, 6) is -3.89. The Kier molecular flexibility index (Phi) is 6.27. The van der Waals surface area contributed by atoms with Crippen LogP contribution in [0.5, 0.6) is 5.75 Å². The summed E-state index contributed by atoms with van der Waals surface area (Å²) in [5, 5.41) is 5.10. The number of nitrogens with one attached hydrogen (secondary N) is 2. The van der Waals surface area contributed by atoms with Gasteiger partial charge in [0.25, 0.3) is 11.8 Å². The second-order valence-electron chi connectivity index (χ2n) is 6.11. The van der Waals surface area contributed by atoms with Gasteiger partial charge in [0.05, 0.1) is 18.4 Å². The zero-order chi connectivity index (χ0) is 21.8. The van der Waals surface area contributed by atoms with Crippen LogP contribution in [0, 0.1) is 17.5 Å². The number of carbonyl (C=O) groups excluding carboxylic acids is 2. The maximum Gasteiger partial charge on any atom is 0.258 e. The van der Waals surface area contributed by atoms with Crippen molar-refractivity contribution in [2.24, 2.45) is 0 Å². The van der Waals surface area contributed by atoms with E-state index in [9.17, 15) is 22.8 Å². The Balaban J connectivity index is 1.84. The predicted molar refractivity (Wildman–Crippen MR) is 107 cm³/mol. The van der Waals surface area contributed by atoms with Crippen molar-refractivity contribution in [1.29, 1.82) is 0 Å². The Morgan fingerprint density at radius 1 is 0.867 bits per heavy atom. The van der Waals surface area contributed by atoms with Crippen LogP contribution in [0.1, 0.15) is 20.7 Å². The molecule has 0 aliphatic heterocycles. The van der Waals surface area contributed by atoms with Crippen LogP contribution in [0.4, 0.5) is 24.5 Å². The average molecular weight is 435 g/mol. The monoisotopic (exact) mass is 434 g/mol. The maximum absolute atomic E-state index is 14.0. The summed E-state index contributed by atoms with van der Waals surface area (Å²) in [6, 6.07) is 10.3. The first-order valence-corrected chi connectivity index (χ1v) is 8.86. The van der Waals surface area contributed by atoms with Gasteiger partial charge < -0.3 is 15.4 Å². The zero-order valence-corrected chi connectivity index (χ0v) is 16.2. The van der Waals surface area contributed by atoms with Crippen molar-refractivity contribution < 1.29 is 27.5 Å². The number of hydrogen-bond acceptors (Lipinski definition) is 3. The fourth-order valence-corrected chi connectivity index (χ4v) is 2.79. The molecule has 0 atom stereocenters. The molecular weight excluding hydrogens is 421 g/mol. The minimum absolute atomic E-state index is 0.139. The number of ether oxygens (including phenoxy) is 1. The van der Waals surface area contributed by atoms with Crippen LogP contribution < -0.4 is 15.4 Å². The molecule has 0 spiro atoms. The molecule has 0 unspecified atom stereocenters. The summed E-state index contributed by atoms with van der Waals surface area (Å²) in [6.07, 6.45) is 0. The number of methoxy groups -OCH3 is 1. The molecule has 0 saturated carbocycles. The lowest BCUT2D eigenvalue weighted by Crippen LogP contribution is -2.16. The van der Waals surface area contributed by atoms with E-state index in [1.54, 1.807) is 0 Å². The summed E-state index contributed by atoms with van der Waals surface area (Å²) < 4.78 is 45.8. The molecule has 0 fully saturated rings. The second kappa shape index (κ2) is 8.87. The number of carbonyl (C=O) groups is 2.